The predicted octanol–water partition coefficient (Wildman–Crippen LogP) is 3.01. The molecule has 0 unspecified atom stereocenters. The van der Waals surface area contributed by atoms with Gasteiger partial charge in [-0.15, -0.1) is 0 Å². The SMILES string of the molecule is CC(C)NCc1cccnc1SCC(=O)OC(C)(C)C. The van der Waals surface area contributed by atoms with Crippen LogP contribution in [-0.4, -0.2) is 28.3 Å². The maximum Gasteiger partial charge on any atom is 0.316 e. The number of rotatable bonds is 6. The molecular weight excluding hydrogens is 272 g/mol. The Morgan fingerprint density at radius 1 is 1.45 bits per heavy atom. The fourth-order valence-corrected chi connectivity index (χ4v) is 2.28. The lowest BCUT2D eigenvalue weighted by molar-refractivity contribution is -0.151. The zero-order valence-corrected chi connectivity index (χ0v) is 13.7. The maximum absolute atomic E-state index is 11.7. The summed E-state index contributed by atoms with van der Waals surface area (Å²) in [5.74, 6) is 0.0686. The van der Waals surface area contributed by atoms with Crippen LogP contribution < -0.4 is 5.32 Å². The Hall–Kier alpha value is -1.07. The van der Waals surface area contributed by atoms with Gasteiger partial charge in [0.15, 0.2) is 0 Å². The van der Waals surface area contributed by atoms with Gasteiger partial charge in [0.1, 0.15) is 10.6 Å². The summed E-state index contributed by atoms with van der Waals surface area (Å²) in [6, 6.07) is 4.35. The average Bonchev–Trinajstić information content (AvgIpc) is 2.32. The summed E-state index contributed by atoms with van der Waals surface area (Å²) in [5, 5.41) is 4.24. The van der Waals surface area contributed by atoms with Gasteiger partial charge in [0.25, 0.3) is 0 Å². The summed E-state index contributed by atoms with van der Waals surface area (Å²) in [7, 11) is 0. The maximum atomic E-state index is 11.7. The molecule has 1 rings (SSSR count). The summed E-state index contributed by atoms with van der Waals surface area (Å²) in [6.07, 6.45) is 1.75. The molecule has 0 fully saturated rings. The first-order chi connectivity index (χ1) is 9.28. The minimum Gasteiger partial charge on any atom is -0.459 e. The molecule has 0 aliphatic heterocycles. The lowest BCUT2D eigenvalue weighted by atomic mass is 10.2. The van der Waals surface area contributed by atoms with Crippen molar-refractivity contribution in [2.75, 3.05) is 5.75 Å². The monoisotopic (exact) mass is 296 g/mol. The minimum absolute atomic E-state index is 0.212. The molecule has 0 aliphatic carbocycles. The van der Waals surface area contributed by atoms with Crippen molar-refractivity contribution < 1.29 is 9.53 Å². The van der Waals surface area contributed by atoms with Gasteiger partial charge in [-0.05, 0) is 32.4 Å². The number of esters is 1. The fraction of sp³-hybridized carbons (Fsp3) is 0.600. The molecule has 0 saturated carbocycles. The van der Waals surface area contributed by atoms with Crippen molar-refractivity contribution in [1.29, 1.82) is 0 Å². The Kier molecular flexibility index (Phi) is 6.49. The van der Waals surface area contributed by atoms with Gasteiger partial charge in [-0.2, -0.15) is 0 Å². The normalized spacial score (nSPS) is 11.7. The number of ether oxygens (including phenoxy) is 1. The number of carbonyl (C=O) groups is 1. The lowest BCUT2D eigenvalue weighted by Crippen LogP contribution is -2.25. The highest BCUT2D eigenvalue weighted by molar-refractivity contribution is 7.99. The highest BCUT2D eigenvalue weighted by Crippen LogP contribution is 2.21. The largest absolute Gasteiger partial charge is 0.459 e. The van der Waals surface area contributed by atoms with Crippen molar-refractivity contribution >= 4 is 17.7 Å². The Bertz CT molecular complexity index is 442. The van der Waals surface area contributed by atoms with Gasteiger partial charge in [-0.3, -0.25) is 4.79 Å². The number of thioether (sulfide) groups is 1. The third-order valence-electron chi connectivity index (χ3n) is 2.30. The number of nitrogens with one attached hydrogen (secondary N) is 1. The van der Waals surface area contributed by atoms with E-state index in [2.05, 4.69) is 24.1 Å². The molecule has 5 heteroatoms. The number of aromatic nitrogens is 1. The second kappa shape index (κ2) is 7.64. The zero-order chi connectivity index (χ0) is 15.2. The molecule has 20 heavy (non-hydrogen) atoms. The Morgan fingerprint density at radius 2 is 2.15 bits per heavy atom. The van der Waals surface area contributed by atoms with Crippen LogP contribution >= 0.6 is 11.8 Å². The minimum atomic E-state index is -0.441. The zero-order valence-electron chi connectivity index (χ0n) is 12.9. The molecule has 1 heterocycles. The van der Waals surface area contributed by atoms with Crippen LogP contribution in [0.3, 0.4) is 0 Å². The van der Waals surface area contributed by atoms with E-state index in [9.17, 15) is 4.79 Å². The Morgan fingerprint density at radius 3 is 2.75 bits per heavy atom. The fourth-order valence-electron chi connectivity index (χ4n) is 1.50. The quantitative estimate of drug-likeness (QED) is 0.646. The van der Waals surface area contributed by atoms with Crippen LogP contribution in [0.2, 0.25) is 0 Å². The number of pyridine rings is 1. The van der Waals surface area contributed by atoms with Crippen LogP contribution in [-0.2, 0) is 16.1 Å². The van der Waals surface area contributed by atoms with Crippen LogP contribution in [0.5, 0.6) is 0 Å². The Balaban J connectivity index is 2.57. The van der Waals surface area contributed by atoms with E-state index in [0.29, 0.717) is 6.04 Å². The molecular formula is C15H24N2O2S. The van der Waals surface area contributed by atoms with Gasteiger partial charge in [-0.1, -0.05) is 31.7 Å². The van der Waals surface area contributed by atoms with E-state index >= 15 is 0 Å². The molecule has 0 atom stereocenters. The van der Waals surface area contributed by atoms with Gasteiger partial charge in [0.05, 0.1) is 5.75 Å². The van der Waals surface area contributed by atoms with E-state index in [0.717, 1.165) is 17.1 Å². The summed E-state index contributed by atoms with van der Waals surface area (Å²) in [6.45, 7) is 10.6. The van der Waals surface area contributed by atoms with Gasteiger partial charge < -0.3 is 10.1 Å². The lowest BCUT2D eigenvalue weighted by Gasteiger charge is -2.19. The van der Waals surface area contributed by atoms with Crippen molar-refractivity contribution in [1.82, 2.24) is 10.3 Å². The first-order valence-corrected chi connectivity index (χ1v) is 7.78. The third kappa shape index (κ3) is 6.91. The molecule has 0 radical (unpaired) electrons. The van der Waals surface area contributed by atoms with Crippen LogP contribution in [0.1, 0.15) is 40.2 Å². The number of nitrogens with zero attached hydrogens (tertiary/aromatic N) is 1. The van der Waals surface area contributed by atoms with Crippen molar-refractivity contribution in [2.45, 2.75) is 57.8 Å². The van der Waals surface area contributed by atoms with E-state index in [1.54, 1.807) is 6.20 Å². The van der Waals surface area contributed by atoms with Crippen LogP contribution in [0, 0.1) is 0 Å². The topological polar surface area (TPSA) is 51.2 Å². The van der Waals surface area contributed by atoms with Crippen molar-refractivity contribution in [3.63, 3.8) is 0 Å². The molecule has 0 bridgehead atoms. The molecule has 1 aromatic rings. The average molecular weight is 296 g/mol. The van der Waals surface area contributed by atoms with E-state index < -0.39 is 5.60 Å². The summed E-state index contributed by atoms with van der Waals surface area (Å²) in [5.41, 5.74) is 0.666. The van der Waals surface area contributed by atoms with E-state index in [1.807, 2.05) is 32.9 Å². The highest BCUT2D eigenvalue weighted by atomic mass is 32.2. The summed E-state index contributed by atoms with van der Waals surface area (Å²) < 4.78 is 5.29. The van der Waals surface area contributed by atoms with Crippen molar-refractivity contribution in [2.24, 2.45) is 0 Å². The first-order valence-electron chi connectivity index (χ1n) is 6.80. The first kappa shape index (κ1) is 17.0. The molecule has 0 saturated heterocycles. The summed E-state index contributed by atoms with van der Waals surface area (Å²) in [4.78, 5) is 16.1. The second-order valence-electron chi connectivity index (χ2n) is 5.88. The standard InChI is InChI=1S/C15H24N2O2S/c1-11(2)17-9-12-7-6-8-16-14(12)20-10-13(18)19-15(3,4)5/h6-8,11,17H,9-10H2,1-5H3. The van der Waals surface area contributed by atoms with Crippen molar-refractivity contribution in [3.05, 3.63) is 23.9 Å². The second-order valence-corrected chi connectivity index (χ2v) is 6.84. The van der Waals surface area contributed by atoms with E-state index in [-0.39, 0.29) is 11.7 Å². The van der Waals surface area contributed by atoms with Gasteiger partial charge in [0, 0.05) is 18.8 Å². The molecule has 0 amide bonds. The smallest absolute Gasteiger partial charge is 0.316 e. The molecule has 4 nitrogen and oxygen atoms in total. The van der Waals surface area contributed by atoms with E-state index in [1.165, 1.54) is 11.8 Å². The molecule has 0 aromatic carbocycles. The molecule has 0 aliphatic rings. The highest BCUT2D eigenvalue weighted by Gasteiger charge is 2.17. The number of hydrogen-bond acceptors (Lipinski definition) is 5. The molecule has 0 spiro atoms. The Labute approximate surface area is 125 Å². The number of hydrogen-bond donors (Lipinski definition) is 1. The van der Waals surface area contributed by atoms with Crippen LogP contribution in [0.4, 0.5) is 0 Å². The van der Waals surface area contributed by atoms with Gasteiger partial charge >= 0.3 is 5.97 Å². The van der Waals surface area contributed by atoms with Crippen molar-refractivity contribution in [3.8, 4) is 0 Å². The van der Waals surface area contributed by atoms with E-state index in [4.69, 9.17) is 4.74 Å². The molecule has 112 valence electrons. The molecule has 1 aromatic heterocycles. The molecule has 1 N–H and O–H groups in total. The summed E-state index contributed by atoms with van der Waals surface area (Å²) >= 11 is 1.42. The number of carbonyl (C=O) groups excluding carboxylic acids is 1. The predicted molar refractivity (Wildman–Crippen MR) is 82.8 cm³/mol. The third-order valence-corrected chi connectivity index (χ3v) is 3.32. The van der Waals surface area contributed by atoms with Gasteiger partial charge in [0.2, 0.25) is 0 Å². The van der Waals surface area contributed by atoms with Gasteiger partial charge in [-0.25, -0.2) is 4.98 Å². The van der Waals surface area contributed by atoms with Crippen LogP contribution in [0.15, 0.2) is 23.4 Å². The van der Waals surface area contributed by atoms with Crippen LogP contribution in [0.25, 0.3) is 0 Å².